The quantitative estimate of drug-likeness (QED) is 0.864. The molecule has 2 aromatic rings. The number of carbonyl (C=O) groups excluding carboxylic acids is 1. The summed E-state index contributed by atoms with van der Waals surface area (Å²) in [6.45, 7) is 1.69. The second-order valence-corrected chi connectivity index (χ2v) is 6.25. The Kier molecular flexibility index (Phi) is 4.95. The lowest BCUT2D eigenvalue weighted by Crippen LogP contribution is -2.49. The minimum Gasteiger partial charge on any atom is -0.367 e. The number of aromatic amines is 1. The predicted octanol–water partition coefficient (Wildman–Crippen LogP) is 3.01. The van der Waals surface area contributed by atoms with Crippen LogP contribution in [0, 0.1) is 0 Å². The second-order valence-electron chi connectivity index (χ2n) is 5.84. The lowest BCUT2D eigenvalue weighted by Gasteiger charge is -2.36. The number of pyridine rings is 1. The highest BCUT2D eigenvalue weighted by Gasteiger charge is 2.33. The number of halogens is 4. The first-order chi connectivity index (χ1) is 12.3. The number of nitrogens with zero attached hydrogens (tertiary/aromatic N) is 2. The smallest absolute Gasteiger partial charge is 0.367 e. The molecule has 3 rings (SSSR count). The Labute approximate surface area is 152 Å². The Balaban J connectivity index is 1.71. The van der Waals surface area contributed by atoms with Crippen LogP contribution in [-0.2, 0) is 6.18 Å². The summed E-state index contributed by atoms with van der Waals surface area (Å²) in [6.07, 6.45) is -4.67. The van der Waals surface area contributed by atoms with Gasteiger partial charge in [0.2, 0.25) is 0 Å². The number of carbonyl (C=O) groups is 1. The Morgan fingerprint density at radius 2 is 1.69 bits per heavy atom. The topological polar surface area (TPSA) is 56.4 Å². The molecule has 1 N–H and O–H groups in total. The SMILES string of the molecule is O=C(c1ccc(C(F)(F)F)[nH]c1=O)N1CCN(c2ccccc2Cl)CC1. The monoisotopic (exact) mass is 385 g/mol. The van der Waals surface area contributed by atoms with Gasteiger partial charge in [-0.25, -0.2) is 0 Å². The van der Waals surface area contributed by atoms with E-state index < -0.39 is 23.3 Å². The van der Waals surface area contributed by atoms with Crippen molar-refractivity contribution >= 4 is 23.2 Å². The van der Waals surface area contributed by atoms with Crippen LogP contribution >= 0.6 is 11.6 Å². The van der Waals surface area contributed by atoms with Crippen molar-refractivity contribution in [2.45, 2.75) is 6.18 Å². The summed E-state index contributed by atoms with van der Waals surface area (Å²) in [6, 6.07) is 8.96. The number of aromatic nitrogens is 1. The second kappa shape index (κ2) is 7.03. The summed E-state index contributed by atoms with van der Waals surface area (Å²) < 4.78 is 37.8. The number of alkyl halides is 3. The highest BCUT2D eigenvalue weighted by Crippen LogP contribution is 2.27. The van der Waals surface area contributed by atoms with Gasteiger partial charge in [-0.3, -0.25) is 9.59 Å². The van der Waals surface area contributed by atoms with Gasteiger partial charge in [0, 0.05) is 26.2 Å². The van der Waals surface area contributed by atoms with E-state index in [9.17, 15) is 22.8 Å². The number of hydrogen-bond acceptors (Lipinski definition) is 3. The maximum absolute atomic E-state index is 12.6. The van der Waals surface area contributed by atoms with Crippen LogP contribution in [0.5, 0.6) is 0 Å². The van der Waals surface area contributed by atoms with Crippen LogP contribution in [0.15, 0.2) is 41.2 Å². The van der Waals surface area contributed by atoms with Gasteiger partial charge in [-0.1, -0.05) is 23.7 Å². The molecular weight excluding hydrogens is 371 g/mol. The Hall–Kier alpha value is -2.48. The van der Waals surface area contributed by atoms with E-state index in [4.69, 9.17) is 11.6 Å². The average Bonchev–Trinajstić information content (AvgIpc) is 2.61. The van der Waals surface area contributed by atoms with Crippen molar-refractivity contribution in [3.8, 4) is 0 Å². The molecule has 0 bridgehead atoms. The maximum Gasteiger partial charge on any atom is 0.431 e. The summed E-state index contributed by atoms with van der Waals surface area (Å²) in [5, 5.41) is 0.603. The highest BCUT2D eigenvalue weighted by atomic mass is 35.5. The fourth-order valence-electron chi connectivity index (χ4n) is 2.84. The molecule has 0 spiro atoms. The fraction of sp³-hybridized carbons (Fsp3) is 0.294. The molecular formula is C17H15ClF3N3O2. The number of anilines is 1. The van der Waals surface area contributed by atoms with Crippen molar-refractivity contribution in [2.24, 2.45) is 0 Å². The minimum absolute atomic E-state index is 0.302. The molecule has 0 saturated carbocycles. The van der Waals surface area contributed by atoms with E-state index in [2.05, 4.69) is 0 Å². The zero-order valence-corrected chi connectivity index (χ0v) is 14.3. The van der Waals surface area contributed by atoms with Crippen LogP contribution < -0.4 is 10.5 Å². The van der Waals surface area contributed by atoms with Gasteiger partial charge in [-0.15, -0.1) is 0 Å². The Bertz CT molecular complexity index is 874. The third-order valence-corrected chi connectivity index (χ3v) is 4.52. The first kappa shape index (κ1) is 18.3. The van der Waals surface area contributed by atoms with Crippen LogP contribution in [0.25, 0.3) is 0 Å². The molecule has 138 valence electrons. The third kappa shape index (κ3) is 3.70. The van der Waals surface area contributed by atoms with E-state index in [0.29, 0.717) is 37.3 Å². The predicted molar refractivity (Wildman–Crippen MR) is 91.6 cm³/mol. The zero-order valence-electron chi connectivity index (χ0n) is 13.5. The molecule has 0 aliphatic carbocycles. The van der Waals surface area contributed by atoms with Crippen LogP contribution in [-0.4, -0.2) is 42.0 Å². The van der Waals surface area contributed by atoms with Crippen molar-refractivity contribution in [3.63, 3.8) is 0 Å². The molecule has 1 fully saturated rings. The molecule has 1 aliphatic heterocycles. The van der Waals surface area contributed by atoms with Gasteiger partial charge in [0.15, 0.2) is 0 Å². The van der Waals surface area contributed by atoms with E-state index in [1.54, 1.807) is 11.1 Å². The fourth-order valence-corrected chi connectivity index (χ4v) is 3.09. The molecule has 1 aromatic carbocycles. The van der Waals surface area contributed by atoms with E-state index in [-0.39, 0.29) is 5.56 Å². The average molecular weight is 386 g/mol. The summed E-state index contributed by atoms with van der Waals surface area (Å²) in [4.78, 5) is 29.5. The lowest BCUT2D eigenvalue weighted by molar-refractivity contribution is -0.141. The molecule has 0 atom stereocenters. The first-order valence-electron chi connectivity index (χ1n) is 7.86. The number of para-hydroxylation sites is 1. The number of hydrogen-bond donors (Lipinski definition) is 1. The standard InChI is InChI=1S/C17H15ClF3N3O2/c18-12-3-1-2-4-13(12)23-7-9-24(10-8-23)16(26)11-5-6-14(17(19,20)21)22-15(11)25/h1-6H,7-10H2,(H,22,25). The number of piperazine rings is 1. The summed E-state index contributed by atoms with van der Waals surface area (Å²) >= 11 is 6.17. The van der Waals surface area contributed by atoms with Crippen LogP contribution in [0.1, 0.15) is 16.1 Å². The van der Waals surface area contributed by atoms with Crippen molar-refractivity contribution in [3.05, 3.63) is 63.0 Å². The molecule has 0 unspecified atom stereocenters. The Morgan fingerprint density at radius 1 is 1.04 bits per heavy atom. The van der Waals surface area contributed by atoms with Gasteiger partial charge in [0.25, 0.3) is 11.5 Å². The molecule has 5 nitrogen and oxygen atoms in total. The van der Waals surface area contributed by atoms with E-state index in [1.807, 2.05) is 23.1 Å². The first-order valence-corrected chi connectivity index (χ1v) is 8.24. The van der Waals surface area contributed by atoms with Crippen LogP contribution in [0.2, 0.25) is 5.02 Å². The third-order valence-electron chi connectivity index (χ3n) is 4.21. The molecule has 1 amide bonds. The summed E-state index contributed by atoms with van der Waals surface area (Å²) in [5.74, 6) is -0.584. The van der Waals surface area contributed by atoms with Crippen molar-refractivity contribution in [1.29, 1.82) is 0 Å². The Morgan fingerprint density at radius 3 is 2.27 bits per heavy atom. The summed E-state index contributed by atoms with van der Waals surface area (Å²) in [5.41, 5.74) is -1.67. The normalized spacial score (nSPS) is 15.2. The van der Waals surface area contributed by atoms with Gasteiger partial charge < -0.3 is 14.8 Å². The summed E-state index contributed by atoms with van der Waals surface area (Å²) in [7, 11) is 0. The van der Waals surface area contributed by atoms with Gasteiger partial charge in [0.05, 0.1) is 10.7 Å². The maximum atomic E-state index is 12.6. The molecule has 1 aliphatic rings. The van der Waals surface area contributed by atoms with E-state index in [0.717, 1.165) is 11.8 Å². The molecule has 2 heterocycles. The van der Waals surface area contributed by atoms with Gasteiger partial charge in [0.1, 0.15) is 11.3 Å². The van der Waals surface area contributed by atoms with E-state index in [1.165, 1.54) is 4.90 Å². The van der Waals surface area contributed by atoms with Crippen molar-refractivity contribution in [1.82, 2.24) is 9.88 Å². The van der Waals surface area contributed by atoms with Crippen molar-refractivity contribution in [2.75, 3.05) is 31.1 Å². The molecule has 1 aromatic heterocycles. The number of H-pyrrole nitrogens is 1. The number of nitrogens with one attached hydrogen (secondary N) is 1. The molecule has 1 saturated heterocycles. The zero-order chi connectivity index (χ0) is 18.9. The van der Waals surface area contributed by atoms with Crippen molar-refractivity contribution < 1.29 is 18.0 Å². The van der Waals surface area contributed by atoms with Gasteiger partial charge in [-0.2, -0.15) is 13.2 Å². The molecule has 26 heavy (non-hydrogen) atoms. The van der Waals surface area contributed by atoms with Crippen LogP contribution in [0.4, 0.5) is 18.9 Å². The number of amides is 1. The lowest BCUT2D eigenvalue weighted by atomic mass is 10.2. The van der Waals surface area contributed by atoms with Crippen LogP contribution in [0.3, 0.4) is 0 Å². The minimum atomic E-state index is -4.67. The number of benzene rings is 1. The van der Waals surface area contributed by atoms with Gasteiger partial charge >= 0.3 is 6.18 Å². The van der Waals surface area contributed by atoms with E-state index >= 15 is 0 Å². The number of rotatable bonds is 2. The molecule has 0 radical (unpaired) electrons. The highest BCUT2D eigenvalue weighted by molar-refractivity contribution is 6.33. The molecule has 9 heteroatoms. The largest absolute Gasteiger partial charge is 0.431 e. The van der Waals surface area contributed by atoms with Gasteiger partial charge in [-0.05, 0) is 24.3 Å².